The number of carbonyl (C=O) groups is 2. The number of hydrazone groups is 1. The van der Waals surface area contributed by atoms with Crippen LogP contribution in [0.3, 0.4) is 0 Å². The Bertz CT molecular complexity index is 1240. The molecule has 0 bridgehead atoms. The number of aromatic carboxylic acids is 1. The molecule has 0 saturated carbocycles. The summed E-state index contributed by atoms with van der Waals surface area (Å²) in [6.07, 6.45) is 7.29. The molecule has 3 aromatic rings. The van der Waals surface area contributed by atoms with Gasteiger partial charge in [-0.05, 0) is 56.3 Å². The van der Waals surface area contributed by atoms with E-state index in [1.54, 1.807) is 35.0 Å². The van der Waals surface area contributed by atoms with Gasteiger partial charge in [-0.15, -0.1) is 0 Å². The summed E-state index contributed by atoms with van der Waals surface area (Å²) in [5, 5.41) is 19.3. The standard InChI is InChI=1S/C24H20N4O3/c1-16-19(15-27(25-16)20-13-11-18(12-14-20)24(30)31)7-6-10-22-17(2)26-28(23(22)29)21-8-4-3-5-9-21/h3-15H,1-2H3,(H,30,31)/b7-6+,22-10-. The largest absolute Gasteiger partial charge is 0.478 e. The number of carboxylic acid groups (broad SMARTS) is 1. The topological polar surface area (TPSA) is 87.8 Å². The first-order valence-corrected chi connectivity index (χ1v) is 9.67. The number of aryl methyl sites for hydroxylation is 1. The second kappa shape index (κ2) is 8.23. The lowest BCUT2D eigenvalue weighted by Gasteiger charge is -2.10. The Balaban J connectivity index is 1.53. The molecule has 1 aromatic heterocycles. The van der Waals surface area contributed by atoms with E-state index in [0.717, 1.165) is 22.6 Å². The van der Waals surface area contributed by atoms with Crippen molar-refractivity contribution in [1.29, 1.82) is 0 Å². The number of anilines is 1. The Morgan fingerprint density at radius 1 is 1.00 bits per heavy atom. The zero-order valence-electron chi connectivity index (χ0n) is 17.1. The average Bonchev–Trinajstić information content (AvgIpc) is 3.28. The van der Waals surface area contributed by atoms with Gasteiger partial charge >= 0.3 is 5.97 Å². The number of hydrogen-bond acceptors (Lipinski definition) is 4. The predicted molar refractivity (Wildman–Crippen MR) is 119 cm³/mol. The summed E-state index contributed by atoms with van der Waals surface area (Å²) < 4.78 is 1.69. The van der Waals surface area contributed by atoms with Crippen molar-refractivity contribution in [2.24, 2.45) is 5.10 Å². The van der Waals surface area contributed by atoms with Crippen LogP contribution in [0.1, 0.15) is 28.5 Å². The third-order valence-corrected chi connectivity index (χ3v) is 4.92. The number of amides is 1. The van der Waals surface area contributed by atoms with Crippen LogP contribution in [0.25, 0.3) is 11.8 Å². The van der Waals surface area contributed by atoms with Gasteiger partial charge in [-0.2, -0.15) is 15.2 Å². The van der Waals surface area contributed by atoms with Crippen molar-refractivity contribution in [2.45, 2.75) is 13.8 Å². The fraction of sp³-hybridized carbons (Fsp3) is 0.0833. The van der Waals surface area contributed by atoms with Crippen LogP contribution in [0.4, 0.5) is 5.69 Å². The molecular weight excluding hydrogens is 392 g/mol. The molecule has 4 rings (SSSR count). The molecule has 0 radical (unpaired) electrons. The van der Waals surface area contributed by atoms with Crippen molar-refractivity contribution in [1.82, 2.24) is 9.78 Å². The molecule has 1 amide bonds. The van der Waals surface area contributed by atoms with Crippen LogP contribution in [0.15, 0.2) is 83.6 Å². The summed E-state index contributed by atoms with van der Waals surface area (Å²) >= 11 is 0. The SMILES string of the molecule is CC1=NN(c2ccccc2)C(=O)/C1=C\C=C\c1cn(-c2ccc(C(=O)O)cc2)nc1C. The number of carbonyl (C=O) groups excluding carboxylic acids is 1. The number of allylic oxidation sites excluding steroid dienone is 2. The smallest absolute Gasteiger partial charge is 0.335 e. The first-order valence-electron chi connectivity index (χ1n) is 9.67. The number of hydrogen-bond donors (Lipinski definition) is 1. The highest BCUT2D eigenvalue weighted by molar-refractivity contribution is 6.29. The summed E-state index contributed by atoms with van der Waals surface area (Å²) in [7, 11) is 0. The second-order valence-electron chi connectivity index (χ2n) is 7.04. The zero-order valence-corrected chi connectivity index (χ0v) is 17.1. The minimum atomic E-state index is -0.967. The predicted octanol–water partition coefficient (Wildman–Crippen LogP) is 4.24. The van der Waals surface area contributed by atoms with E-state index in [-0.39, 0.29) is 11.5 Å². The van der Waals surface area contributed by atoms with E-state index in [2.05, 4.69) is 10.2 Å². The normalized spacial score (nSPS) is 15.2. The van der Waals surface area contributed by atoms with Crippen molar-refractivity contribution in [2.75, 3.05) is 5.01 Å². The third-order valence-electron chi connectivity index (χ3n) is 4.92. The molecule has 0 atom stereocenters. The van der Waals surface area contributed by atoms with Gasteiger partial charge in [0.15, 0.2) is 0 Å². The Hall–Kier alpha value is -4.26. The van der Waals surface area contributed by atoms with Gasteiger partial charge < -0.3 is 5.11 Å². The minimum Gasteiger partial charge on any atom is -0.478 e. The molecule has 1 aliphatic heterocycles. The Morgan fingerprint density at radius 3 is 2.39 bits per heavy atom. The van der Waals surface area contributed by atoms with Crippen molar-refractivity contribution in [3.63, 3.8) is 0 Å². The van der Waals surface area contributed by atoms with Crippen LogP contribution >= 0.6 is 0 Å². The number of aromatic nitrogens is 2. The molecule has 0 aliphatic carbocycles. The van der Waals surface area contributed by atoms with E-state index >= 15 is 0 Å². The zero-order chi connectivity index (χ0) is 22.0. The summed E-state index contributed by atoms with van der Waals surface area (Å²) in [5.74, 6) is -1.13. The molecular formula is C24H20N4O3. The molecule has 154 valence electrons. The van der Waals surface area contributed by atoms with Gasteiger partial charge in [0.2, 0.25) is 0 Å². The van der Waals surface area contributed by atoms with Crippen molar-refractivity contribution < 1.29 is 14.7 Å². The Labute approximate surface area is 179 Å². The quantitative estimate of drug-likeness (QED) is 0.635. The van der Waals surface area contributed by atoms with Gasteiger partial charge in [-0.25, -0.2) is 9.48 Å². The lowest BCUT2D eigenvalue weighted by atomic mass is 10.1. The maximum absolute atomic E-state index is 12.7. The molecule has 1 aliphatic rings. The Morgan fingerprint density at radius 2 is 1.71 bits per heavy atom. The molecule has 2 aromatic carbocycles. The number of benzene rings is 2. The maximum Gasteiger partial charge on any atom is 0.335 e. The van der Waals surface area contributed by atoms with E-state index in [9.17, 15) is 9.59 Å². The van der Waals surface area contributed by atoms with Gasteiger partial charge in [0.25, 0.3) is 5.91 Å². The number of nitrogens with zero attached hydrogens (tertiary/aromatic N) is 4. The molecule has 31 heavy (non-hydrogen) atoms. The van der Waals surface area contributed by atoms with Gasteiger partial charge in [0, 0.05) is 11.8 Å². The Kier molecular flexibility index (Phi) is 5.32. The van der Waals surface area contributed by atoms with Gasteiger partial charge in [0.05, 0.1) is 33.9 Å². The molecule has 7 nitrogen and oxygen atoms in total. The lowest BCUT2D eigenvalue weighted by molar-refractivity contribution is -0.114. The first-order chi connectivity index (χ1) is 14.9. The molecule has 0 unspecified atom stereocenters. The van der Waals surface area contributed by atoms with Gasteiger partial charge in [-0.1, -0.05) is 30.4 Å². The maximum atomic E-state index is 12.7. The summed E-state index contributed by atoms with van der Waals surface area (Å²) in [4.78, 5) is 23.8. The van der Waals surface area contributed by atoms with Crippen LogP contribution < -0.4 is 5.01 Å². The van der Waals surface area contributed by atoms with Crippen molar-refractivity contribution in [3.8, 4) is 5.69 Å². The van der Waals surface area contributed by atoms with Gasteiger partial charge in [-0.3, -0.25) is 4.79 Å². The molecule has 2 heterocycles. The lowest BCUT2D eigenvalue weighted by Crippen LogP contribution is -2.21. The van der Waals surface area contributed by atoms with Crippen LogP contribution in [0, 0.1) is 6.92 Å². The van der Waals surface area contributed by atoms with E-state index < -0.39 is 5.97 Å². The van der Waals surface area contributed by atoms with Gasteiger partial charge in [0.1, 0.15) is 0 Å². The van der Waals surface area contributed by atoms with Crippen molar-refractivity contribution in [3.05, 3.63) is 95.3 Å². The summed E-state index contributed by atoms with van der Waals surface area (Å²) in [6.45, 7) is 3.70. The molecule has 1 N–H and O–H groups in total. The summed E-state index contributed by atoms with van der Waals surface area (Å²) in [5.41, 5.74) is 4.61. The van der Waals surface area contributed by atoms with Crippen LogP contribution in [-0.4, -0.2) is 32.5 Å². The fourth-order valence-electron chi connectivity index (χ4n) is 3.23. The average molecular weight is 412 g/mol. The second-order valence-corrected chi connectivity index (χ2v) is 7.04. The fourth-order valence-corrected chi connectivity index (χ4v) is 3.23. The highest BCUT2D eigenvalue weighted by Crippen LogP contribution is 2.23. The number of para-hydroxylation sites is 1. The van der Waals surface area contributed by atoms with E-state index in [0.29, 0.717) is 11.3 Å². The van der Waals surface area contributed by atoms with Crippen LogP contribution in [-0.2, 0) is 4.79 Å². The summed E-state index contributed by atoms with van der Waals surface area (Å²) in [6, 6.07) is 15.8. The number of carboxylic acids is 1. The molecule has 7 heteroatoms. The molecule has 0 spiro atoms. The number of rotatable bonds is 5. The highest BCUT2D eigenvalue weighted by atomic mass is 16.4. The molecule has 0 saturated heterocycles. The van der Waals surface area contributed by atoms with E-state index in [1.165, 1.54) is 5.01 Å². The monoisotopic (exact) mass is 412 g/mol. The first kappa shape index (κ1) is 20.0. The van der Waals surface area contributed by atoms with E-state index in [1.807, 2.05) is 62.5 Å². The van der Waals surface area contributed by atoms with Crippen molar-refractivity contribution >= 4 is 29.4 Å². The third kappa shape index (κ3) is 4.06. The van der Waals surface area contributed by atoms with Crippen LogP contribution in [0.2, 0.25) is 0 Å². The van der Waals surface area contributed by atoms with Crippen LogP contribution in [0.5, 0.6) is 0 Å². The van der Waals surface area contributed by atoms with E-state index in [4.69, 9.17) is 5.11 Å². The molecule has 0 fully saturated rings. The minimum absolute atomic E-state index is 0.167. The highest BCUT2D eigenvalue weighted by Gasteiger charge is 2.27.